The number of pyridine rings is 1. The molecule has 4 heterocycles. The summed E-state index contributed by atoms with van der Waals surface area (Å²) in [6.07, 6.45) is 1.05. The zero-order valence-electron chi connectivity index (χ0n) is 32.3. The predicted molar refractivity (Wildman–Crippen MR) is 210 cm³/mol. The van der Waals surface area contributed by atoms with E-state index in [2.05, 4.69) is 43.9 Å². The molecule has 13 nitrogen and oxygen atoms in total. The highest BCUT2D eigenvalue weighted by Crippen LogP contribution is 2.36. The summed E-state index contributed by atoms with van der Waals surface area (Å²) in [5.74, 6) is 1.63. The van der Waals surface area contributed by atoms with Crippen LogP contribution in [0.4, 0.5) is 5.82 Å². The molecule has 0 bridgehead atoms. The average molecular weight is 750 g/mol. The first kappa shape index (κ1) is 38.2. The second-order valence-corrected chi connectivity index (χ2v) is 15.0. The van der Waals surface area contributed by atoms with E-state index in [0.717, 1.165) is 66.2 Å². The third-order valence-electron chi connectivity index (χ3n) is 9.97. The van der Waals surface area contributed by atoms with E-state index in [1.807, 2.05) is 65.0 Å². The predicted octanol–water partition coefficient (Wildman–Crippen LogP) is 4.89. The zero-order chi connectivity index (χ0) is 38.5. The Morgan fingerprint density at radius 3 is 2.49 bits per heavy atom. The molecule has 0 saturated carbocycles. The van der Waals surface area contributed by atoms with Crippen LogP contribution in [-0.4, -0.2) is 102 Å². The fourth-order valence-corrected chi connectivity index (χ4v) is 6.99. The Kier molecular flexibility index (Phi) is 11.6. The number of amides is 1. The Morgan fingerprint density at radius 1 is 1.02 bits per heavy atom. The van der Waals surface area contributed by atoms with Crippen LogP contribution in [-0.2, 0) is 35.7 Å². The van der Waals surface area contributed by atoms with Crippen molar-refractivity contribution in [1.29, 1.82) is 0 Å². The van der Waals surface area contributed by atoms with Gasteiger partial charge in [0.25, 0.3) is 5.91 Å². The van der Waals surface area contributed by atoms with Crippen LogP contribution in [0.3, 0.4) is 0 Å². The summed E-state index contributed by atoms with van der Waals surface area (Å²) in [4.78, 5) is 33.1. The lowest BCUT2D eigenvalue weighted by atomic mass is 10.0. The Hall–Kier alpha value is -5.05. The number of anilines is 1. The monoisotopic (exact) mass is 749 g/mol. The lowest BCUT2D eigenvalue weighted by Crippen LogP contribution is -2.43. The molecule has 2 N–H and O–H groups in total. The number of aliphatic hydroxyl groups is 1. The molecule has 2 aliphatic heterocycles. The largest absolute Gasteiger partial charge is 0.497 e. The number of nitrogens with zero attached hydrogens (tertiary/aromatic N) is 6. The Bertz CT molecular complexity index is 2160. The number of ether oxygens (including phenoxy) is 4. The second-order valence-electron chi connectivity index (χ2n) is 15.0. The van der Waals surface area contributed by atoms with Crippen molar-refractivity contribution in [3.05, 3.63) is 112 Å². The van der Waals surface area contributed by atoms with Crippen LogP contribution in [0.25, 0.3) is 11.0 Å². The summed E-state index contributed by atoms with van der Waals surface area (Å²) in [7, 11) is 5.72. The Balaban J connectivity index is 1.12. The van der Waals surface area contributed by atoms with Gasteiger partial charge in [-0.05, 0) is 80.1 Å². The van der Waals surface area contributed by atoms with Gasteiger partial charge < -0.3 is 43.4 Å². The van der Waals surface area contributed by atoms with Crippen molar-refractivity contribution in [3.8, 4) is 11.5 Å². The topological polar surface area (TPSA) is 130 Å². The van der Waals surface area contributed by atoms with Gasteiger partial charge in [-0.1, -0.05) is 30.3 Å². The van der Waals surface area contributed by atoms with Crippen LogP contribution < -0.4 is 20.0 Å². The molecule has 13 heteroatoms. The highest BCUT2D eigenvalue weighted by atomic mass is 16.7. The quantitative estimate of drug-likeness (QED) is 0.172. The van der Waals surface area contributed by atoms with E-state index < -0.39 is 17.8 Å². The molecule has 0 atom stereocenters. The number of piperazine rings is 1. The van der Waals surface area contributed by atoms with Gasteiger partial charge in [-0.25, -0.2) is 4.98 Å². The number of H-pyrrole nitrogens is 1. The summed E-state index contributed by atoms with van der Waals surface area (Å²) >= 11 is 0. The number of carbonyl (C=O) groups excluding carboxylic acids is 1. The first-order chi connectivity index (χ1) is 26.5. The Morgan fingerprint density at radius 2 is 1.76 bits per heavy atom. The summed E-state index contributed by atoms with van der Waals surface area (Å²) < 4.78 is 25.5. The number of likely N-dealkylation sites (N-methyl/N-ethyl adjacent to an activating group) is 1. The molecular formula is C42H51N7O6. The lowest BCUT2D eigenvalue weighted by molar-refractivity contribution is -0.0464. The van der Waals surface area contributed by atoms with E-state index >= 15 is 0 Å². The van der Waals surface area contributed by atoms with E-state index in [0.29, 0.717) is 49.1 Å². The van der Waals surface area contributed by atoms with Gasteiger partial charge in [-0.15, -0.1) is 0 Å². The van der Waals surface area contributed by atoms with Gasteiger partial charge in [0.05, 0.1) is 49.1 Å². The van der Waals surface area contributed by atoms with Crippen LogP contribution in [0.1, 0.15) is 52.7 Å². The number of carbonyl (C=O) groups is 1. The van der Waals surface area contributed by atoms with Gasteiger partial charge in [0, 0.05) is 58.1 Å². The third-order valence-corrected chi connectivity index (χ3v) is 9.97. The van der Waals surface area contributed by atoms with Crippen LogP contribution in [0.2, 0.25) is 0 Å². The highest BCUT2D eigenvalue weighted by molar-refractivity contribution is 5.95. The SMILES string of the molecule is COc1ccc(COc2cccc(CN(C)c3cc(C(=O)/N=c4\[nH]c5ccc(CN6CCN(C)CC6)cc5n4CC(C)(C)O)ccn3)c2C2OCCO2)cc1. The summed E-state index contributed by atoms with van der Waals surface area (Å²) in [5, 5.41) is 10.9. The van der Waals surface area contributed by atoms with Crippen molar-refractivity contribution < 1.29 is 28.8 Å². The molecule has 0 spiro atoms. The summed E-state index contributed by atoms with van der Waals surface area (Å²) in [5.41, 5.74) is 5.39. The van der Waals surface area contributed by atoms with Crippen molar-refractivity contribution >= 4 is 22.8 Å². The van der Waals surface area contributed by atoms with Crippen molar-refractivity contribution in [2.75, 3.05) is 65.5 Å². The molecule has 2 fully saturated rings. The summed E-state index contributed by atoms with van der Waals surface area (Å²) in [6.45, 7) is 10.5. The standard InChI is InChI=1S/C42H51N7O6/c1-42(2,51)28-49-35-23-30(25-48-19-17-46(3)18-20-48)11-14-34(35)44-41(49)45-39(50)31-15-16-43-37(24-31)47(4)26-32-7-6-8-36(38(32)40-53-21-22-54-40)55-27-29-9-12-33(52-5)13-10-29/h6-16,23-24,40,51H,17-22,25-28H2,1-5H3,(H,44,45,50). The van der Waals surface area contributed by atoms with Gasteiger partial charge in [0.1, 0.15) is 23.9 Å². The first-order valence-corrected chi connectivity index (χ1v) is 18.7. The molecular weight excluding hydrogens is 699 g/mol. The lowest BCUT2D eigenvalue weighted by Gasteiger charge is -2.32. The number of nitrogens with one attached hydrogen (secondary N) is 1. The maximum absolute atomic E-state index is 13.8. The van der Waals surface area contributed by atoms with Crippen molar-refractivity contribution in [2.24, 2.45) is 4.99 Å². The molecule has 0 aliphatic carbocycles. The van der Waals surface area contributed by atoms with E-state index in [1.54, 1.807) is 39.3 Å². The van der Waals surface area contributed by atoms with Crippen LogP contribution >= 0.6 is 0 Å². The molecule has 7 rings (SSSR count). The number of methoxy groups -OCH3 is 1. The van der Waals surface area contributed by atoms with Crippen molar-refractivity contribution in [3.63, 3.8) is 0 Å². The minimum absolute atomic E-state index is 0.251. The number of aromatic amines is 1. The number of imidazole rings is 1. The first-order valence-electron chi connectivity index (χ1n) is 18.7. The number of aromatic nitrogens is 3. The van der Waals surface area contributed by atoms with Crippen LogP contribution in [0.15, 0.2) is 84.0 Å². The minimum atomic E-state index is -1.04. The molecule has 290 valence electrons. The smallest absolute Gasteiger partial charge is 0.280 e. The molecule has 1 amide bonds. The van der Waals surface area contributed by atoms with Gasteiger partial charge in [0.15, 0.2) is 6.29 Å². The minimum Gasteiger partial charge on any atom is -0.497 e. The number of benzene rings is 3. The third kappa shape index (κ3) is 9.43. The van der Waals surface area contributed by atoms with Gasteiger partial charge >= 0.3 is 0 Å². The fourth-order valence-electron chi connectivity index (χ4n) is 6.99. The number of hydrogen-bond donors (Lipinski definition) is 2. The zero-order valence-corrected chi connectivity index (χ0v) is 32.3. The molecule has 2 saturated heterocycles. The number of hydrogen-bond acceptors (Lipinski definition) is 10. The van der Waals surface area contributed by atoms with E-state index in [-0.39, 0.29) is 6.54 Å². The van der Waals surface area contributed by atoms with Crippen LogP contribution in [0, 0.1) is 0 Å². The maximum Gasteiger partial charge on any atom is 0.280 e. The average Bonchev–Trinajstić information content (AvgIpc) is 3.83. The fraction of sp³-hybridized carbons (Fsp3) is 0.405. The Labute approximate surface area is 321 Å². The second kappa shape index (κ2) is 16.8. The highest BCUT2D eigenvalue weighted by Gasteiger charge is 2.27. The molecule has 0 unspecified atom stereocenters. The number of rotatable bonds is 13. The summed E-state index contributed by atoms with van der Waals surface area (Å²) in [6, 6.07) is 23.4. The number of fused-ring (bicyclic) bond motifs is 1. The van der Waals surface area contributed by atoms with Crippen molar-refractivity contribution in [2.45, 2.75) is 52.0 Å². The van der Waals surface area contributed by atoms with E-state index in [1.165, 1.54) is 5.56 Å². The molecule has 55 heavy (non-hydrogen) atoms. The van der Waals surface area contributed by atoms with Gasteiger partial charge in [0.2, 0.25) is 5.62 Å². The van der Waals surface area contributed by atoms with E-state index in [4.69, 9.17) is 18.9 Å². The molecule has 0 radical (unpaired) electrons. The van der Waals surface area contributed by atoms with Gasteiger partial charge in [-0.3, -0.25) is 9.69 Å². The maximum atomic E-state index is 13.8. The van der Waals surface area contributed by atoms with Crippen molar-refractivity contribution in [1.82, 2.24) is 24.3 Å². The van der Waals surface area contributed by atoms with Gasteiger partial charge in [-0.2, -0.15) is 4.99 Å². The molecule has 3 aromatic carbocycles. The molecule has 2 aromatic heterocycles. The molecule has 5 aromatic rings. The molecule has 2 aliphatic rings. The normalized spacial score (nSPS) is 16.2. The van der Waals surface area contributed by atoms with E-state index in [9.17, 15) is 9.90 Å². The van der Waals surface area contributed by atoms with Crippen LogP contribution in [0.5, 0.6) is 11.5 Å².